The van der Waals surface area contributed by atoms with Crippen molar-refractivity contribution in [1.82, 2.24) is 0 Å². The maximum Gasteiger partial charge on any atom is 0.414 e. The monoisotopic (exact) mass is 225 g/mol. The minimum atomic E-state index is -0.310. The van der Waals surface area contributed by atoms with Crippen molar-refractivity contribution in [3.8, 4) is 0 Å². The van der Waals surface area contributed by atoms with E-state index in [2.05, 4.69) is 0 Å². The van der Waals surface area contributed by atoms with Crippen LogP contribution in [0.25, 0.3) is 0 Å². The molecule has 2 rings (SSSR count). The van der Waals surface area contributed by atoms with Crippen LogP contribution in [0.15, 0.2) is 24.3 Å². The third-order valence-corrected chi connectivity index (χ3v) is 2.80. The largest absolute Gasteiger partial charge is 0.443 e. The molecular formula is C11H12ClNO2. The van der Waals surface area contributed by atoms with E-state index in [1.807, 2.05) is 31.2 Å². The zero-order chi connectivity index (χ0) is 10.8. The highest BCUT2D eigenvalue weighted by Crippen LogP contribution is 2.24. The summed E-state index contributed by atoms with van der Waals surface area (Å²) >= 11 is 5.66. The molecule has 1 amide bonds. The average molecular weight is 226 g/mol. The van der Waals surface area contributed by atoms with Crippen molar-refractivity contribution < 1.29 is 9.53 Å². The van der Waals surface area contributed by atoms with Gasteiger partial charge in [0.25, 0.3) is 0 Å². The van der Waals surface area contributed by atoms with E-state index in [0.717, 1.165) is 11.3 Å². The predicted molar refractivity (Wildman–Crippen MR) is 59.5 cm³/mol. The molecule has 0 unspecified atom stereocenters. The lowest BCUT2D eigenvalue weighted by molar-refractivity contribution is 0.151. The molecule has 80 valence electrons. The van der Waals surface area contributed by atoms with E-state index in [-0.39, 0.29) is 12.2 Å². The van der Waals surface area contributed by atoms with Crippen molar-refractivity contribution in [1.29, 1.82) is 0 Å². The molecule has 0 aromatic heterocycles. The van der Waals surface area contributed by atoms with Crippen LogP contribution in [0.5, 0.6) is 0 Å². The summed E-state index contributed by atoms with van der Waals surface area (Å²) in [5, 5.41) is 0. The van der Waals surface area contributed by atoms with Gasteiger partial charge in [0.2, 0.25) is 0 Å². The SMILES string of the molecule is Cc1ccccc1N1C[C@@H](CCl)OC1=O. The Labute approximate surface area is 93.6 Å². The fraction of sp³-hybridized carbons (Fsp3) is 0.364. The summed E-state index contributed by atoms with van der Waals surface area (Å²) in [6, 6.07) is 7.73. The van der Waals surface area contributed by atoms with Crippen LogP contribution in [0.2, 0.25) is 0 Å². The molecule has 0 bridgehead atoms. The first kappa shape index (κ1) is 10.3. The summed E-state index contributed by atoms with van der Waals surface area (Å²) in [6.07, 6.45) is -0.506. The number of nitrogens with zero attached hydrogens (tertiary/aromatic N) is 1. The molecule has 1 heterocycles. The van der Waals surface area contributed by atoms with Gasteiger partial charge in [0.1, 0.15) is 6.10 Å². The zero-order valence-corrected chi connectivity index (χ0v) is 9.20. The van der Waals surface area contributed by atoms with E-state index < -0.39 is 0 Å². The molecule has 0 spiro atoms. The minimum absolute atomic E-state index is 0.196. The first-order valence-corrected chi connectivity index (χ1v) is 5.35. The first-order chi connectivity index (χ1) is 7.22. The Hall–Kier alpha value is -1.22. The Morgan fingerprint density at radius 2 is 2.27 bits per heavy atom. The summed E-state index contributed by atoms with van der Waals surface area (Å²) in [6.45, 7) is 2.50. The Kier molecular flexibility index (Phi) is 2.82. The molecule has 3 nitrogen and oxygen atoms in total. The van der Waals surface area contributed by atoms with Crippen molar-refractivity contribution in [3.63, 3.8) is 0 Å². The molecule has 1 aromatic rings. The van der Waals surface area contributed by atoms with Crippen LogP contribution in [0.1, 0.15) is 5.56 Å². The second-order valence-corrected chi connectivity index (χ2v) is 3.87. The van der Waals surface area contributed by atoms with Crippen molar-refractivity contribution in [2.24, 2.45) is 0 Å². The molecule has 1 aliphatic heterocycles. The van der Waals surface area contributed by atoms with Gasteiger partial charge in [0.15, 0.2) is 0 Å². The number of para-hydroxylation sites is 1. The lowest BCUT2D eigenvalue weighted by Gasteiger charge is -2.15. The fourth-order valence-corrected chi connectivity index (χ4v) is 1.83. The number of ether oxygens (including phenoxy) is 1. The molecule has 0 radical (unpaired) electrons. The van der Waals surface area contributed by atoms with Gasteiger partial charge in [-0.05, 0) is 18.6 Å². The summed E-state index contributed by atoms with van der Waals surface area (Å²) in [4.78, 5) is 13.2. The van der Waals surface area contributed by atoms with Gasteiger partial charge < -0.3 is 4.74 Å². The van der Waals surface area contributed by atoms with Crippen LogP contribution in [0.3, 0.4) is 0 Å². The van der Waals surface area contributed by atoms with E-state index >= 15 is 0 Å². The number of amides is 1. The number of benzene rings is 1. The van der Waals surface area contributed by atoms with E-state index in [9.17, 15) is 4.79 Å². The van der Waals surface area contributed by atoms with E-state index in [1.165, 1.54) is 0 Å². The topological polar surface area (TPSA) is 29.5 Å². The van der Waals surface area contributed by atoms with Gasteiger partial charge in [-0.15, -0.1) is 11.6 Å². The van der Waals surface area contributed by atoms with Gasteiger partial charge >= 0.3 is 6.09 Å². The quantitative estimate of drug-likeness (QED) is 0.724. The van der Waals surface area contributed by atoms with Crippen molar-refractivity contribution in [3.05, 3.63) is 29.8 Å². The molecule has 1 atom stereocenters. The molecule has 0 aliphatic carbocycles. The summed E-state index contributed by atoms with van der Waals surface area (Å²) < 4.78 is 5.09. The number of rotatable bonds is 2. The first-order valence-electron chi connectivity index (χ1n) is 4.82. The number of carbonyl (C=O) groups is 1. The molecule has 0 saturated carbocycles. The number of hydrogen-bond donors (Lipinski definition) is 0. The zero-order valence-electron chi connectivity index (χ0n) is 8.44. The van der Waals surface area contributed by atoms with E-state index in [0.29, 0.717) is 12.4 Å². The Morgan fingerprint density at radius 1 is 1.53 bits per heavy atom. The molecule has 1 aliphatic rings. The molecule has 1 aromatic carbocycles. The van der Waals surface area contributed by atoms with Gasteiger partial charge in [0.05, 0.1) is 18.1 Å². The van der Waals surface area contributed by atoms with E-state index in [4.69, 9.17) is 16.3 Å². The van der Waals surface area contributed by atoms with Gasteiger partial charge in [-0.3, -0.25) is 4.90 Å². The molecule has 4 heteroatoms. The smallest absolute Gasteiger partial charge is 0.414 e. The number of halogens is 1. The van der Waals surface area contributed by atoms with Crippen molar-refractivity contribution >= 4 is 23.4 Å². The van der Waals surface area contributed by atoms with Crippen LogP contribution < -0.4 is 4.90 Å². The van der Waals surface area contributed by atoms with Crippen LogP contribution in [0.4, 0.5) is 10.5 Å². The molecule has 0 N–H and O–H groups in total. The maximum atomic E-state index is 11.5. The van der Waals surface area contributed by atoms with Gasteiger partial charge in [-0.1, -0.05) is 18.2 Å². The Balaban J connectivity index is 2.25. The predicted octanol–water partition coefficient (Wildman–Crippen LogP) is 2.56. The van der Waals surface area contributed by atoms with Crippen molar-refractivity contribution in [2.45, 2.75) is 13.0 Å². The number of anilines is 1. The highest BCUT2D eigenvalue weighted by Gasteiger charge is 2.32. The second kappa shape index (κ2) is 4.11. The van der Waals surface area contributed by atoms with Crippen molar-refractivity contribution in [2.75, 3.05) is 17.3 Å². The summed E-state index contributed by atoms with van der Waals surface area (Å²) in [5.41, 5.74) is 1.96. The third-order valence-electron chi connectivity index (χ3n) is 2.45. The van der Waals surface area contributed by atoms with Crippen LogP contribution >= 0.6 is 11.6 Å². The van der Waals surface area contributed by atoms with Gasteiger partial charge in [-0.2, -0.15) is 0 Å². The lowest BCUT2D eigenvalue weighted by Crippen LogP contribution is -2.25. The summed E-state index contributed by atoms with van der Waals surface area (Å²) in [5.74, 6) is 0.341. The van der Waals surface area contributed by atoms with Gasteiger partial charge in [0, 0.05) is 0 Å². The molecule has 1 fully saturated rings. The number of alkyl halides is 1. The lowest BCUT2D eigenvalue weighted by atomic mass is 10.2. The standard InChI is InChI=1S/C11H12ClNO2/c1-8-4-2-3-5-10(8)13-7-9(6-12)15-11(13)14/h2-5,9H,6-7H2,1H3/t9-/m1/s1. The third kappa shape index (κ3) is 1.92. The van der Waals surface area contributed by atoms with Crippen LogP contribution in [-0.2, 0) is 4.74 Å². The number of cyclic esters (lactones) is 1. The molecular weight excluding hydrogens is 214 g/mol. The second-order valence-electron chi connectivity index (χ2n) is 3.56. The fourth-order valence-electron chi connectivity index (χ4n) is 1.66. The number of carbonyl (C=O) groups excluding carboxylic acids is 1. The minimum Gasteiger partial charge on any atom is -0.443 e. The highest BCUT2D eigenvalue weighted by atomic mass is 35.5. The Bertz CT molecular complexity index is 381. The molecule has 1 saturated heterocycles. The Morgan fingerprint density at radius 3 is 2.87 bits per heavy atom. The van der Waals surface area contributed by atoms with Crippen LogP contribution in [-0.4, -0.2) is 24.6 Å². The van der Waals surface area contributed by atoms with Gasteiger partial charge in [-0.25, -0.2) is 4.79 Å². The van der Waals surface area contributed by atoms with E-state index in [1.54, 1.807) is 4.90 Å². The summed E-state index contributed by atoms with van der Waals surface area (Å²) in [7, 11) is 0. The molecule has 15 heavy (non-hydrogen) atoms. The number of aryl methyl sites for hydroxylation is 1. The normalized spacial score (nSPS) is 20.5. The van der Waals surface area contributed by atoms with Crippen LogP contribution in [0, 0.1) is 6.92 Å². The maximum absolute atomic E-state index is 11.5. The average Bonchev–Trinajstić information content (AvgIpc) is 2.60. The highest BCUT2D eigenvalue weighted by molar-refractivity contribution is 6.18. The number of hydrogen-bond acceptors (Lipinski definition) is 2.